The SMILES string of the molecule is COc1cccc(O)c1C1C2=CCC3C(=O)N(CCCCCC(=O)O)C(=O)C3C2CC2(Cl)C(=O)N(C)C(=O)C12Cl. The summed E-state index contributed by atoms with van der Waals surface area (Å²) in [6.07, 6.45) is 3.33. The third kappa shape index (κ3) is 3.86. The number of aliphatic carboxylic acids is 1. The van der Waals surface area contributed by atoms with Gasteiger partial charge in [-0.25, -0.2) is 0 Å². The molecule has 2 saturated heterocycles. The van der Waals surface area contributed by atoms with Crippen molar-refractivity contribution in [3.63, 3.8) is 0 Å². The van der Waals surface area contributed by atoms with Gasteiger partial charge in [-0.05, 0) is 43.7 Å². The molecule has 1 aromatic rings. The van der Waals surface area contributed by atoms with Crippen molar-refractivity contribution < 1.29 is 38.9 Å². The van der Waals surface area contributed by atoms with E-state index in [9.17, 15) is 29.1 Å². The van der Waals surface area contributed by atoms with Gasteiger partial charge in [-0.1, -0.05) is 24.1 Å². The van der Waals surface area contributed by atoms with E-state index < -0.39 is 51.2 Å². The van der Waals surface area contributed by atoms with Crippen molar-refractivity contribution in [1.82, 2.24) is 9.80 Å². The largest absolute Gasteiger partial charge is 0.508 e. The zero-order valence-electron chi connectivity index (χ0n) is 22.1. The number of aromatic hydroxyl groups is 1. The Morgan fingerprint density at radius 3 is 2.48 bits per heavy atom. The van der Waals surface area contributed by atoms with Gasteiger partial charge in [-0.3, -0.25) is 33.8 Å². The van der Waals surface area contributed by atoms with Crippen LogP contribution in [0.3, 0.4) is 0 Å². The number of carboxylic acid groups (broad SMARTS) is 1. The molecule has 10 nitrogen and oxygen atoms in total. The lowest BCUT2D eigenvalue weighted by Crippen LogP contribution is -2.60. The molecule has 2 N–H and O–H groups in total. The fourth-order valence-electron chi connectivity index (χ4n) is 7.07. The first-order chi connectivity index (χ1) is 18.9. The number of carbonyl (C=O) groups is 5. The molecule has 4 amide bonds. The molecule has 0 spiro atoms. The maximum Gasteiger partial charge on any atom is 0.303 e. The highest BCUT2D eigenvalue weighted by molar-refractivity contribution is 6.53. The van der Waals surface area contributed by atoms with Crippen LogP contribution in [-0.2, 0) is 24.0 Å². The second-order valence-electron chi connectivity index (χ2n) is 10.9. The van der Waals surface area contributed by atoms with Gasteiger partial charge in [0.15, 0.2) is 9.75 Å². The number of phenols is 1. The number of allylic oxidation sites excluding steroid dienone is 2. The second kappa shape index (κ2) is 10.1. The molecule has 0 radical (unpaired) electrons. The van der Waals surface area contributed by atoms with E-state index in [0.717, 1.165) is 4.90 Å². The van der Waals surface area contributed by atoms with Gasteiger partial charge >= 0.3 is 5.97 Å². The number of amides is 4. The van der Waals surface area contributed by atoms with Crippen LogP contribution in [0.15, 0.2) is 29.8 Å². The van der Waals surface area contributed by atoms with Crippen LogP contribution >= 0.6 is 23.2 Å². The number of rotatable bonds is 8. The van der Waals surface area contributed by atoms with Crippen LogP contribution in [0, 0.1) is 17.8 Å². The monoisotopic (exact) mass is 592 g/mol. The summed E-state index contributed by atoms with van der Waals surface area (Å²) in [5, 5.41) is 19.9. The highest BCUT2D eigenvalue weighted by Gasteiger charge is 2.76. The van der Waals surface area contributed by atoms with Crippen LogP contribution in [0.2, 0.25) is 0 Å². The molecule has 5 rings (SSSR count). The molecule has 1 aromatic carbocycles. The molecular weight excluding hydrogens is 563 g/mol. The number of likely N-dealkylation sites (tertiary alicyclic amines) is 2. The van der Waals surface area contributed by atoms with Crippen LogP contribution in [0.25, 0.3) is 0 Å². The third-order valence-electron chi connectivity index (χ3n) is 8.93. The Morgan fingerprint density at radius 2 is 1.80 bits per heavy atom. The Hall–Kier alpha value is -3.11. The average molecular weight is 593 g/mol. The topological polar surface area (TPSA) is 142 Å². The minimum Gasteiger partial charge on any atom is -0.508 e. The van der Waals surface area contributed by atoms with Gasteiger partial charge in [0, 0.05) is 31.5 Å². The lowest BCUT2D eigenvalue weighted by atomic mass is 9.56. The Kier molecular flexibility index (Phi) is 7.15. The number of unbranched alkanes of at least 4 members (excludes halogenated alkanes) is 2. The predicted molar refractivity (Wildman–Crippen MR) is 143 cm³/mol. The predicted octanol–water partition coefficient (Wildman–Crippen LogP) is 3.03. The van der Waals surface area contributed by atoms with E-state index >= 15 is 0 Å². The minimum absolute atomic E-state index is 0.0128. The van der Waals surface area contributed by atoms with Crippen molar-refractivity contribution >= 4 is 52.8 Å². The Balaban J connectivity index is 1.57. The van der Waals surface area contributed by atoms with Crippen LogP contribution in [0.5, 0.6) is 11.5 Å². The minimum atomic E-state index is -2.02. The standard InChI is InChI=1S/C28H30Cl2N2O8/c1-31-25(38)27(29)13-16-14(22(28(27,30)26(31)39)21-17(33)7-6-8-18(21)40-2)10-11-15-20(16)24(37)32(23(15)36)12-5-3-4-9-19(34)35/h6-8,10,15-16,20,22,33H,3-5,9,11-13H2,1-2H3,(H,34,35). The number of hydrogen-bond donors (Lipinski definition) is 2. The van der Waals surface area contributed by atoms with Gasteiger partial charge in [-0.2, -0.15) is 0 Å². The first-order valence-corrected chi connectivity index (χ1v) is 14.0. The highest BCUT2D eigenvalue weighted by Crippen LogP contribution is 2.66. The summed E-state index contributed by atoms with van der Waals surface area (Å²) in [6.45, 7) is 0.161. The third-order valence-corrected chi connectivity index (χ3v) is 10.3. The molecule has 1 saturated carbocycles. The quantitative estimate of drug-likeness (QED) is 0.203. The van der Waals surface area contributed by atoms with E-state index in [1.807, 2.05) is 0 Å². The summed E-state index contributed by atoms with van der Waals surface area (Å²) in [7, 11) is 2.70. The summed E-state index contributed by atoms with van der Waals surface area (Å²) < 4.78 is 5.53. The fraction of sp³-hybridized carbons (Fsp3) is 0.536. The molecule has 6 unspecified atom stereocenters. The van der Waals surface area contributed by atoms with Crippen molar-refractivity contribution in [2.75, 3.05) is 20.7 Å². The van der Waals surface area contributed by atoms with E-state index in [4.69, 9.17) is 33.0 Å². The lowest BCUT2D eigenvalue weighted by Gasteiger charge is -2.51. The van der Waals surface area contributed by atoms with Gasteiger partial charge in [0.2, 0.25) is 11.8 Å². The van der Waals surface area contributed by atoms with Crippen LogP contribution in [-0.4, -0.2) is 80.1 Å². The van der Waals surface area contributed by atoms with Crippen LogP contribution < -0.4 is 4.74 Å². The summed E-state index contributed by atoms with van der Waals surface area (Å²) in [5.41, 5.74) is 0.746. The summed E-state index contributed by atoms with van der Waals surface area (Å²) in [4.78, 5) is 63.2. The first kappa shape index (κ1) is 28.4. The summed E-state index contributed by atoms with van der Waals surface area (Å²) >= 11 is 14.2. The number of fused-ring (bicyclic) bond motifs is 4. The molecule has 0 aromatic heterocycles. The van der Waals surface area contributed by atoms with Crippen LogP contribution in [0.1, 0.15) is 50.0 Å². The highest BCUT2D eigenvalue weighted by atomic mass is 35.5. The number of halogens is 2. The average Bonchev–Trinajstić information content (AvgIpc) is 3.23. The number of benzene rings is 1. The van der Waals surface area contributed by atoms with E-state index in [-0.39, 0.29) is 54.7 Å². The zero-order valence-corrected chi connectivity index (χ0v) is 23.6. The van der Waals surface area contributed by atoms with Gasteiger partial charge in [0.05, 0.1) is 18.9 Å². The van der Waals surface area contributed by atoms with Crippen LogP contribution in [0.4, 0.5) is 0 Å². The Labute approximate surface area is 240 Å². The molecule has 2 aliphatic heterocycles. The number of nitrogens with zero attached hydrogens (tertiary/aromatic N) is 2. The van der Waals surface area contributed by atoms with E-state index in [1.54, 1.807) is 18.2 Å². The van der Waals surface area contributed by atoms with Crippen molar-refractivity contribution in [2.45, 2.75) is 54.2 Å². The summed E-state index contributed by atoms with van der Waals surface area (Å²) in [5.74, 6) is -6.32. The lowest BCUT2D eigenvalue weighted by molar-refractivity contribution is -0.141. The van der Waals surface area contributed by atoms with E-state index in [0.29, 0.717) is 24.8 Å². The normalized spacial score (nSPS) is 33.0. The molecule has 6 atom stereocenters. The maximum absolute atomic E-state index is 13.8. The zero-order chi connectivity index (χ0) is 29.1. The Morgan fingerprint density at radius 1 is 1.07 bits per heavy atom. The molecule has 0 bridgehead atoms. The summed E-state index contributed by atoms with van der Waals surface area (Å²) in [6, 6.07) is 4.59. The molecule has 3 fully saturated rings. The number of alkyl halides is 2. The number of carbonyl (C=O) groups excluding carboxylic acids is 4. The van der Waals surface area contributed by atoms with Gasteiger partial charge in [-0.15, -0.1) is 23.2 Å². The second-order valence-corrected chi connectivity index (χ2v) is 12.2. The number of carboxylic acids is 1. The van der Waals surface area contributed by atoms with Gasteiger partial charge in [0.1, 0.15) is 11.5 Å². The Bertz CT molecular complexity index is 1350. The van der Waals surface area contributed by atoms with E-state index in [1.165, 1.54) is 25.1 Å². The van der Waals surface area contributed by atoms with Crippen molar-refractivity contribution in [2.24, 2.45) is 17.8 Å². The molecule has 40 heavy (non-hydrogen) atoms. The number of phenolic OH excluding ortho intramolecular Hbond substituents is 1. The molecule has 12 heteroatoms. The molecule has 2 heterocycles. The number of hydrogen-bond acceptors (Lipinski definition) is 7. The van der Waals surface area contributed by atoms with E-state index in [2.05, 4.69) is 0 Å². The maximum atomic E-state index is 13.8. The molecule has 214 valence electrons. The van der Waals surface area contributed by atoms with Crippen molar-refractivity contribution in [3.8, 4) is 11.5 Å². The smallest absolute Gasteiger partial charge is 0.303 e. The number of ether oxygens (including phenoxy) is 1. The number of imide groups is 2. The van der Waals surface area contributed by atoms with Gasteiger partial charge in [0.25, 0.3) is 11.8 Å². The van der Waals surface area contributed by atoms with Crippen molar-refractivity contribution in [3.05, 3.63) is 35.4 Å². The fourth-order valence-corrected chi connectivity index (χ4v) is 8.07. The molecular formula is C28H30Cl2N2O8. The van der Waals surface area contributed by atoms with Crippen molar-refractivity contribution in [1.29, 1.82) is 0 Å². The molecule has 2 aliphatic carbocycles. The first-order valence-electron chi connectivity index (χ1n) is 13.2. The molecule has 4 aliphatic rings. The van der Waals surface area contributed by atoms with Gasteiger partial charge < -0.3 is 14.9 Å². The number of methoxy groups -OCH3 is 1.